The quantitative estimate of drug-likeness (QED) is 0.773. The fraction of sp³-hybridized carbons (Fsp3) is 0.500. The van der Waals surface area contributed by atoms with Crippen molar-refractivity contribution >= 4 is 28.7 Å². The Balaban J connectivity index is 2.19. The molecule has 0 fully saturated rings. The highest BCUT2D eigenvalue weighted by atomic mass is 32.1. The number of nitrogens with one attached hydrogen (secondary N) is 2. The number of rotatable bonds is 5. The normalized spacial score (nSPS) is 12.1. The molecule has 1 heterocycles. The summed E-state index contributed by atoms with van der Waals surface area (Å²) in [7, 11) is 1.68. The Kier molecular flexibility index (Phi) is 5.60. The average molecular weight is 244 g/mol. The molecule has 0 bridgehead atoms. The molecular formula is C10H16N2OS2. The van der Waals surface area contributed by atoms with Crippen molar-refractivity contribution in [3.05, 3.63) is 22.4 Å². The molecule has 0 radical (unpaired) electrons. The van der Waals surface area contributed by atoms with E-state index in [9.17, 15) is 0 Å². The number of ether oxygens (including phenoxy) is 1. The summed E-state index contributed by atoms with van der Waals surface area (Å²) in [6, 6.07) is 2.32. The van der Waals surface area contributed by atoms with Crippen LogP contribution in [-0.4, -0.2) is 24.9 Å². The van der Waals surface area contributed by atoms with E-state index in [-0.39, 0.29) is 6.04 Å². The summed E-state index contributed by atoms with van der Waals surface area (Å²) >= 11 is 6.83. The van der Waals surface area contributed by atoms with Crippen LogP contribution in [-0.2, 0) is 11.3 Å². The molecule has 0 aliphatic rings. The van der Waals surface area contributed by atoms with Crippen molar-refractivity contribution in [3.8, 4) is 0 Å². The lowest BCUT2D eigenvalue weighted by Crippen LogP contribution is -2.42. The molecule has 0 amide bonds. The second-order valence-corrected chi connectivity index (χ2v) is 4.50. The van der Waals surface area contributed by atoms with Gasteiger partial charge in [-0.2, -0.15) is 11.3 Å². The molecule has 5 heteroatoms. The van der Waals surface area contributed by atoms with Crippen LogP contribution >= 0.6 is 23.6 Å². The molecule has 1 unspecified atom stereocenters. The number of thiocarbonyl (C=S) groups is 1. The van der Waals surface area contributed by atoms with Gasteiger partial charge >= 0.3 is 0 Å². The molecule has 0 aliphatic heterocycles. The Morgan fingerprint density at radius 1 is 1.67 bits per heavy atom. The van der Waals surface area contributed by atoms with Crippen molar-refractivity contribution in [1.29, 1.82) is 0 Å². The minimum absolute atomic E-state index is 0.234. The zero-order chi connectivity index (χ0) is 11.1. The second-order valence-electron chi connectivity index (χ2n) is 3.32. The lowest BCUT2D eigenvalue weighted by molar-refractivity contribution is 0.179. The number of thiophene rings is 1. The topological polar surface area (TPSA) is 33.3 Å². The number of hydrogen-bond acceptors (Lipinski definition) is 3. The predicted molar refractivity (Wildman–Crippen MR) is 68.2 cm³/mol. The van der Waals surface area contributed by atoms with Gasteiger partial charge in [0, 0.05) is 19.7 Å². The van der Waals surface area contributed by atoms with Gasteiger partial charge in [-0.3, -0.25) is 0 Å². The minimum Gasteiger partial charge on any atom is -0.383 e. The third kappa shape index (κ3) is 5.11. The summed E-state index contributed by atoms with van der Waals surface area (Å²) in [5, 5.41) is 11.1. The molecule has 3 nitrogen and oxygen atoms in total. The number of hydrogen-bond donors (Lipinski definition) is 2. The summed E-state index contributed by atoms with van der Waals surface area (Å²) in [6.45, 7) is 3.46. The first-order valence-electron chi connectivity index (χ1n) is 4.76. The summed E-state index contributed by atoms with van der Waals surface area (Å²) in [5.41, 5.74) is 1.25. The van der Waals surface area contributed by atoms with Gasteiger partial charge < -0.3 is 15.4 Å². The van der Waals surface area contributed by atoms with Crippen molar-refractivity contribution in [2.75, 3.05) is 13.7 Å². The van der Waals surface area contributed by atoms with E-state index in [2.05, 4.69) is 27.5 Å². The molecule has 2 N–H and O–H groups in total. The Bertz CT molecular complexity index is 288. The van der Waals surface area contributed by atoms with E-state index < -0.39 is 0 Å². The molecule has 1 atom stereocenters. The van der Waals surface area contributed by atoms with Gasteiger partial charge in [-0.1, -0.05) is 0 Å². The highest BCUT2D eigenvalue weighted by Crippen LogP contribution is 2.04. The van der Waals surface area contributed by atoms with Crippen LogP contribution < -0.4 is 10.6 Å². The maximum Gasteiger partial charge on any atom is 0.166 e. The lowest BCUT2D eigenvalue weighted by Gasteiger charge is -2.15. The van der Waals surface area contributed by atoms with Crippen LogP contribution in [0.1, 0.15) is 12.5 Å². The molecule has 84 valence electrons. The van der Waals surface area contributed by atoms with Crippen molar-refractivity contribution in [1.82, 2.24) is 10.6 Å². The van der Waals surface area contributed by atoms with Gasteiger partial charge in [0.1, 0.15) is 0 Å². The fourth-order valence-corrected chi connectivity index (χ4v) is 2.08. The summed E-state index contributed by atoms with van der Waals surface area (Å²) in [5.74, 6) is 0. The lowest BCUT2D eigenvalue weighted by atomic mass is 10.3. The third-order valence-corrected chi connectivity index (χ3v) is 2.82. The Morgan fingerprint density at radius 2 is 2.47 bits per heavy atom. The van der Waals surface area contributed by atoms with E-state index in [0.717, 1.165) is 6.54 Å². The largest absolute Gasteiger partial charge is 0.383 e. The molecule has 1 aromatic heterocycles. The van der Waals surface area contributed by atoms with E-state index >= 15 is 0 Å². The number of methoxy groups -OCH3 is 1. The van der Waals surface area contributed by atoms with Crippen molar-refractivity contribution in [2.45, 2.75) is 19.5 Å². The maximum absolute atomic E-state index is 5.14. The third-order valence-electron chi connectivity index (χ3n) is 1.83. The average Bonchev–Trinajstić information content (AvgIpc) is 2.67. The highest BCUT2D eigenvalue weighted by Gasteiger charge is 2.02. The van der Waals surface area contributed by atoms with Crippen molar-refractivity contribution < 1.29 is 4.74 Å². The van der Waals surface area contributed by atoms with Gasteiger partial charge in [-0.25, -0.2) is 0 Å². The zero-order valence-electron chi connectivity index (χ0n) is 8.95. The van der Waals surface area contributed by atoms with Crippen LogP contribution in [0.2, 0.25) is 0 Å². The summed E-state index contributed by atoms with van der Waals surface area (Å²) in [4.78, 5) is 0. The minimum atomic E-state index is 0.234. The molecule has 15 heavy (non-hydrogen) atoms. The predicted octanol–water partition coefficient (Wildman–Crippen LogP) is 1.75. The molecule has 0 saturated heterocycles. The molecule has 0 aliphatic carbocycles. The van der Waals surface area contributed by atoms with Gasteiger partial charge in [0.05, 0.1) is 6.61 Å². The van der Waals surface area contributed by atoms with E-state index in [0.29, 0.717) is 11.7 Å². The molecule has 1 rings (SSSR count). The van der Waals surface area contributed by atoms with Crippen LogP contribution in [0.25, 0.3) is 0 Å². The van der Waals surface area contributed by atoms with E-state index in [1.807, 2.05) is 6.92 Å². The molecular weight excluding hydrogens is 228 g/mol. The van der Waals surface area contributed by atoms with Crippen LogP contribution in [0, 0.1) is 0 Å². The monoisotopic (exact) mass is 244 g/mol. The zero-order valence-corrected chi connectivity index (χ0v) is 10.6. The first-order chi connectivity index (χ1) is 7.22. The fourth-order valence-electron chi connectivity index (χ4n) is 1.14. The van der Waals surface area contributed by atoms with E-state index in [1.165, 1.54) is 5.56 Å². The first kappa shape index (κ1) is 12.4. The summed E-state index contributed by atoms with van der Waals surface area (Å²) < 4.78 is 5.01. The van der Waals surface area contributed by atoms with Gasteiger partial charge in [0.15, 0.2) is 5.11 Å². The molecule has 0 saturated carbocycles. The van der Waals surface area contributed by atoms with E-state index in [4.69, 9.17) is 17.0 Å². The van der Waals surface area contributed by atoms with Crippen molar-refractivity contribution in [3.63, 3.8) is 0 Å². The Labute approximate surface area is 99.8 Å². The van der Waals surface area contributed by atoms with Gasteiger partial charge in [0.2, 0.25) is 0 Å². The van der Waals surface area contributed by atoms with Crippen LogP contribution in [0.5, 0.6) is 0 Å². The molecule has 1 aromatic rings. The standard InChI is InChI=1S/C10H16N2OS2/c1-8(6-13-2)12-10(14)11-5-9-3-4-15-7-9/h3-4,7-8H,5-6H2,1-2H3,(H2,11,12,14). The SMILES string of the molecule is COCC(C)NC(=S)NCc1ccsc1. The Morgan fingerprint density at radius 3 is 3.07 bits per heavy atom. The van der Waals surface area contributed by atoms with Gasteiger partial charge in [0.25, 0.3) is 0 Å². The van der Waals surface area contributed by atoms with Crippen molar-refractivity contribution in [2.24, 2.45) is 0 Å². The molecule has 0 spiro atoms. The Hall–Kier alpha value is -0.650. The van der Waals surface area contributed by atoms with Gasteiger partial charge in [-0.15, -0.1) is 0 Å². The second kappa shape index (κ2) is 6.76. The summed E-state index contributed by atoms with van der Waals surface area (Å²) in [6.07, 6.45) is 0. The van der Waals surface area contributed by atoms with E-state index in [1.54, 1.807) is 18.4 Å². The first-order valence-corrected chi connectivity index (χ1v) is 6.12. The molecule has 0 aromatic carbocycles. The van der Waals surface area contributed by atoms with Crippen LogP contribution in [0.15, 0.2) is 16.8 Å². The van der Waals surface area contributed by atoms with Crippen LogP contribution in [0.4, 0.5) is 0 Å². The van der Waals surface area contributed by atoms with Crippen LogP contribution in [0.3, 0.4) is 0 Å². The maximum atomic E-state index is 5.14. The van der Waals surface area contributed by atoms with Gasteiger partial charge in [-0.05, 0) is 41.5 Å². The highest BCUT2D eigenvalue weighted by molar-refractivity contribution is 7.80. The smallest absolute Gasteiger partial charge is 0.166 e.